The highest BCUT2D eigenvalue weighted by Crippen LogP contribution is 2.49. The predicted octanol–water partition coefficient (Wildman–Crippen LogP) is 6.40. The highest BCUT2D eigenvalue weighted by molar-refractivity contribution is 5.85. The Kier molecular flexibility index (Phi) is 7.61. The Bertz CT molecular complexity index is 688. The molecule has 1 fully saturated rings. The third kappa shape index (κ3) is 5.51. The molecule has 2 nitrogen and oxygen atoms in total. The predicted molar refractivity (Wildman–Crippen MR) is 122 cm³/mol. The van der Waals surface area contributed by atoms with Crippen molar-refractivity contribution in [2.24, 2.45) is 10.8 Å². The van der Waals surface area contributed by atoms with Crippen molar-refractivity contribution in [3.63, 3.8) is 0 Å². The molecule has 1 aliphatic carbocycles. The van der Waals surface area contributed by atoms with Gasteiger partial charge in [0.05, 0.1) is 0 Å². The molecule has 158 valence electrons. The van der Waals surface area contributed by atoms with Crippen molar-refractivity contribution < 1.29 is 4.39 Å². The minimum absolute atomic E-state index is 0. The van der Waals surface area contributed by atoms with E-state index in [2.05, 4.69) is 56.6 Å². The van der Waals surface area contributed by atoms with Crippen LogP contribution in [0.1, 0.15) is 65.9 Å². The summed E-state index contributed by atoms with van der Waals surface area (Å²) in [5, 5.41) is 0. The first-order chi connectivity index (χ1) is 12.7. The van der Waals surface area contributed by atoms with Crippen LogP contribution in [0.5, 0.6) is 0 Å². The summed E-state index contributed by atoms with van der Waals surface area (Å²) in [5.41, 5.74) is 3.43. The second-order valence-corrected chi connectivity index (χ2v) is 9.99. The second kappa shape index (κ2) is 9.17. The molecule has 0 bridgehead atoms. The summed E-state index contributed by atoms with van der Waals surface area (Å²) in [5.74, 6) is -0.0688. The van der Waals surface area contributed by atoms with Gasteiger partial charge in [-0.1, -0.05) is 53.2 Å². The maximum atomic E-state index is 15.1. The van der Waals surface area contributed by atoms with Crippen LogP contribution in [0.3, 0.4) is 0 Å². The van der Waals surface area contributed by atoms with Crippen LogP contribution >= 0.6 is 12.4 Å². The highest BCUT2D eigenvalue weighted by atomic mass is 35.5. The lowest BCUT2D eigenvalue weighted by Crippen LogP contribution is -2.47. The number of rotatable bonds is 5. The molecule has 1 heterocycles. The Hall–Kier alpha value is -1.06. The number of halogens is 2. The lowest BCUT2D eigenvalue weighted by atomic mass is 9.65. The molecular weight excluding hydrogens is 371 g/mol. The van der Waals surface area contributed by atoms with Crippen LogP contribution in [0.25, 0.3) is 5.57 Å². The van der Waals surface area contributed by atoms with Crippen LogP contribution in [-0.2, 0) is 0 Å². The molecule has 0 aromatic heterocycles. The second-order valence-electron chi connectivity index (χ2n) is 9.99. The third-order valence-corrected chi connectivity index (χ3v) is 6.02. The molecule has 1 aliphatic heterocycles. The number of unbranched alkanes of at least 4 members (excludes halogenated alkanes) is 1. The first-order valence-corrected chi connectivity index (χ1v) is 10.7. The largest absolute Gasteiger partial charge is 0.368 e. The van der Waals surface area contributed by atoms with E-state index < -0.39 is 0 Å². The lowest BCUT2D eigenvalue weighted by molar-refractivity contribution is 0.228. The molecule has 2 aliphatic rings. The van der Waals surface area contributed by atoms with Gasteiger partial charge in [-0.05, 0) is 54.3 Å². The van der Waals surface area contributed by atoms with Gasteiger partial charge in [-0.15, -0.1) is 12.4 Å². The standard InChI is InChI=1S/C24H37FN2.ClH/c1-6-7-11-26-12-14-27(15-13-26)21-10-8-9-20(25)22(21)19-16-23(2,3)18-24(4,5)17-19;/h8-10,16H,6-7,11-15,17-18H2,1-5H3;1H. The fraction of sp³-hybridized carbons (Fsp3) is 0.667. The van der Waals surface area contributed by atoms with Gasteiger partial charge >= 0.3 is 0 Å². The van der Waals surface area contributed by atoms with Crippen molar-refractivity contribution in [3.8, 4) is 0 Å². The zero-order chi connectivity index (χ0) is 19.7. The highest BCUT2D eigenvalue weighted by Gasteiger charge is 2.35. The number of piperazine rings is 1. The molecule has 0 radical (unpaired) electrons. The molecule has 0 spiro atoms. The van der Waals surface area contributed by atoms with Crippen LogP contribution < -0.4 is 4.90 Å². The van der Waals surface area contributed by atoms with Gasteiger partial charge < -0.3 is 4.90 Å². The van der Waals surface area contributed by atoms with E-state index in [1.54, 1.807) is 6.07 Å². The van der Waals surface area contributed by atoms with Crippen molar-refractivity contribution in [1.29, 1.82) is 0 Å². The number of hydrogen-bond donors (Lipinski definition) is 0. The number of allylic oxidation sites excluding steroid dienone is 2. The smallest absolute Gasteiger partial charge is 0.132 e. The van der Waals surface area contributed by atoms with Gasteiger partial charge in [0.1, 0.15) is 5.82 Å². The van der Waals surface area contributed by atoms with E-state index in [0.717, 1.165) is 50.3 Å². The van der Waals surface area contributed by atoms with Gasteiger partial charge in [0.25, 0.3) is 0 Å². The summed E-state index contributed by atoms with van der Waals surface area (Å²) >= 11 is 0. The van der Waals surface area contributed by atoms with Crippen molar-refractivity contribution in [2.75, 3.05) is 37.6 Å². The Morgan fingerprint density at radius 3 is 2.32 bits per heavy atom. The molecule has 0 N–H and O–H groups in total. The monoisotopic (exact) mass is 408 g/mol. The molecule has 0 atom stereocenters. The zero-order valence-electron chi connectivity index (χ0n) is 18.4. The lowest BCUT2D eigenvalue weighted by Gasteiger charge is -2.41. The van der Waals surface area contributed by atoms with Crippen LogP contribution in [0.2, 0.25) is 0 Å². The molecule has 28 heavy (non-hydrogen) atoms. The number of anilines is 1. The fourth-order valence-corrected chi connectivity index (χ4v) is 5.23. The first kappa shape index (κ1) is 23.2. The van der Waals surface area contributed by atoms with E-state index in [4.69, 9.17) is 0 Å². The maximum absolute atomic E-state index is 15.1. The van der Waals surface area contributed by atoms with Crippen molar-refractivity contribution in [2.45, 2.75) is 60.3 Å². The molecule has 3 rings (SSSR count). The van der Waals surface area contributed by atoms with Gasteiger partial charge in [-0.3, -0.25) is 4.90 Å². The minimum atomic E-state index is -0.0688. The summed E-state index contributed by atoms with van der Waals surface area (Å²) in [6.07, 6.45) is 6.93. The van der Waals surface area contributed by atoms with Crippen LogP contribution in [0, 0.1) is 16.6 Å². The molecule has 4 heteroatoms. The van der Waals surface area contributed by atoms with E-state index in [9.17, 15) is 0 Å². The molecule has 0 amide bonds. The van der Waals surface area contributed by atoms with E-state index in [0.29, 0.717) is 0 Å². The van der Waals surface area contributed by atoms with Gasteiger partial charge in [-0.25, -0.2) is 4.39 Å². The maximum Gasteiger partial charge on any atom is 0.132 e. The SMILES string of the molecule is CCCCN1CCN(c2cccc(F)c2C2=CC(C)(C)CC(C)(C)C2)CC1.Cl. The summed E-state index contributed by atoms with van der Waals surface area (Å²) < 4.78 is 15.1. The molecule has 0 unspecified atom stereocenters. The fourth-order valence-electron chi connectivity index (χ4n) is 5.23. The molecule has 1 saturated heterocycles. The van der Waals surface area contributed by atoms with Crippen LogP contribution in [0.15, 0.2) is 24.3 Å². The number of benzene rings is 1. The Morgan fingerprint density at radius 1 is 1.04 bits per heavy atom. The van der Waals surface area contributed by atoms with E-state index in [-0.39, 0.29) is 29.1 Å². The van der Waals surface area contributed by atoms with Gasteiger partial charge in [0.15, 0.2) is 0 Å². The van der Waals surface area contributed by atoms with Crippen molar-refractivity contribution >= 4 is 23.7 Å². The number of hydrogen-bond acceptors (Lipinski definition) is 2. The first-order valence-electron chi connectivity index (χ1n) is 10.7. The van der Waals surface area contributed by atoms with E-state index in [1.807, 2.05) is 6.07 Å². The average molecular weight is 409 g/mol. The van der Waals surface area contributed by atoms with Gasteiger partial charge in [-0.2, -0.15) is 0 Å². The average Bonchev–Trinajstić information content (AvgIpc) is 2.57. The zero-order valence-corrected chi connectivity index (χ0v) is 19.2. The summed E-state index contributed by atoms with van der Waals surface area (Å²) in [6.45, 7) is 16.7. The van der Waals surface area contributed by atoms with E-state index in [1.165, 1.54) is 25.0 Å². The van der Waals surface area contributed by atoms with Crippen LogP contribution in [0.4, 0.5) is 10.1 Å². The summed E-state index contributed by atoms with van der Waals surface area (Å²) in [4.78, 5) is 4.95. The number of nitrogens with zero attached hydrogens (tertiary/aromatic N) is 2. The quantitative estimate of drug-likeness (QED) is 0.556. The molecule has 0 saturated carbocycles. The Labute approximate surface area is 177 Å². The van der Waals surface area contributed by atoms with Gasteiger partial charge in [0.2, 0.25) is 0 Å². The summed E-state index contributed by atoms with van der Waals surface area (Å²) in [7, 11) is 0. The summed E-state index contributed by atoms with van der Waals surface area (Å²) in [6, 6.07) is 5.62. The third-order valence-electron chi connectivity index (χ3n) is 6.02. The van der Waals surface area contributed by atoms with E-state index >= 15 is 4.39 Å². The molecule has 1 aromatic carbocycles. The normalized spacial score (nSPS) is 21.8. The Balaban J connectivity index is 0.00000280. The molecular formula is C24H38ClFN2. The minimum Gasteiger partial charge on any atom is -0.368 e. The van der Waals surface area contributed by atoms with Crippen molar-refractivity contribution in [1.82, 2.24) is 4.90 Å². The topological polar surface area (TPSA) is 6.48 Å². The Morgan fingerprint density at radius 2 is 1.71 bits per heavy atom. The van der Waals surface area contributed by atoms with Gasteiger partial charge in [0, 0.05) is 37.4 Å². The molecule has 1 aromatic rings. The van der Waals surface area contributed by atoms with Crippen molar-refractivity contribution in [3.05, 3.63) is 35.7 Å². The van der Waals surface area contributed by atoms with Crippen LogP contribution in [-0.4, -0.2) is 37.6 Å².